The minimum atomic E-state index is -1.03. The standard InChI is InChI=1S/C34H43N3O5S/c1-22-6-8-23(9-7-22)32(39)37(28-21-27(14-16-34(2,3)4)43-30(28)33(40)41)25-10-12-26(13-11-25)42-29-20-24(15-17-35-29)31(38)36-18-5-19-36/h15,17,20-23,25-26H,5-13,18-19H2,1-4H3,(H,40,41). The molecule has 43 heavy (non-hydrogen) atoms. The summed E-state index contributed by atoms with van der Waals surface area (Å²) in [4.78, 5) is 48.1. The number of likely N-dealkylation sites (tertiary alicyclic amines) is 1. The number of aromatic carboxylic acids is 1. The van der Waals surface area contributed by atoms with Crippen LogP contribution in [0.1, 0.15) is 110 Å². The van der Waals surface area contributed by atoms with E-state index in [-0.39, 0.29) is 40.2 Å². The molecule has 1 aliphatic heterocycles. The Morgan fingerprint density at radius 1 is 1.05 bits per heavy atom. The second kappa shape index (κ2) is 13.1. The molecule has 0 bridgehead atoms. The summed E-state index contributed by atoms with van der Waals surface area (Å²) < 4.78 is 6.23. The van der Waals surface area contributed by atoms with Crippen LogP contribution in [0.3, 0.4) is 0 Å². The molecule has 2 aromatic heterocycles. The quantitative estimate of drug-likeness (QED) is 0.356. The Bertz CT molecular complexity index is 1400. The maximum atomic E-state index is 14.2. The highest BCUT2D eigenvalue weighted by Gasteiger charge is 2.38. The van der Waals surface area contributed by atoms with Crippen LogP contribution in [0.5, 0.6) is 5.88 Å². The molecule has 0 atom stereocenters. The third-order valence-corrected chi connectivity index (χ3v) is 9.78. The normalized spacial score (nSPS) is 23.9. The highest BCUT2D eigenvalue weighted by atomic mass is 32.1. The zero-order chi connectivity index (χ0) is 30.7. The van der Waals surface area contributed by atoms with Crippen molar-refractivity contribution in [2.24, 2.45) is 17.3 Å². The van der Waals surface area contributed by atoms with Crippen molar-refractivity contribution in [3.8, 4) is 17.7 Å². The molecule has 3 heterocycles. The number of hydrogen-bond acceptors (Lipinski definition) is 6. The maximum Gasteiger partial charge on any atom is 0.348 e. The van der Waals surface area contributed by atoms with Gasteiger partial charge in [0.05, 0.1) is 10.6 Å². The number of ether oxygens (including phenoxy) is 1. The third-order valence-electron chi connectivity index (χ3n) is 8.75. The predicted molar refractivity (Wildman–Crippen MR) is 168 cm³/mol. The highest BCUT2D eigenvalue weighted by molar-refractivity contribution is 7.15. The van der Waals surface area contributed by atoms with Crippen LogP contribution in [-0.4, -0.2) is 58.0 Å². The number of carbonyl (C=O) groups excluding carboxylic acids is 2. The first-order chi connectivity index (χ1) is 20.5. The SMILES string of the molecule is CC1CCC(C(=O)N(c2cc(C#CC(C)(C)C)sc2C(=O)O)C2CCC(Oc3cc(C(=O)N4CCC4)ccn3)CC2)CC1. The number of aromatic nitrogens is 1. The van der Waals surface area contributed by atoms with Gasteiger partial charge in [-0.3, -0.25) is 9.59 Å². The van der Waals surface area contributed by atoms with E-state index in [4.69, 9.17) is 4.74 Å². The smallest absolute Gasteiger partial charge is 0.348 e. The van der Waals surface area contributed by atoms with Crippen molar-refractivity contribution in [3.63, 3.8) is 0 Å². The van der Waals surface area contributed by atoms with E-state index in [1.807, 2.05) is 36.6 Å². The molecular formula is C34H43N3O5S. The Hall–Kier alpha value is -3.38. The minimum absolute atomic E-state index is 0.00465. The van der Waals surface area contributed by atoms with Crippen molar-refractivity contribution in [1.29, 1.82) is 0 Å². The van der Waals surface area contributed by atoms with Crippen molar-refractivity contribution in [2.75, 3.05) is 18.0 Å². The summed E-state index contributed by atoms with van der Waals surface area (Å²) in [6, 6.07) is 5.12. The largest absolute Gasteiger partial charge is 0.477 e. The van der Waals surface area contributed by atoms with E-state index in [1.54, 1.807) is 18.3 Å². The van der Waals surface area contributed by atoms with Gasteiger partial charge in [-0.2, -0.15) is 0 Å². The fourth-order valence-electron chi connectivity index (χ4n) is 6.12. The van der Waals surface area contributed by atoms with Crippen molar-refractivity contribution in [1.82, 2.24) is 9.88 Å². The van der Waals surface area contributed by atoms with Crippen molar-refractivity contribution in [2.45, 2.75) is 97.6 Å². The van der Waals surface area contributed by atoms with E-state index in [9.17, 15) is 19.5 Å². The Morgan fingerprint density at radius 2 is 1.74 bits per heavy atom. The number of rotatable bonds is 7. The van der Waals surface area contributed by atoms with Gasteiger partial charge in [0.25, 0.3) is 5.91 Å². The van der Waals surface area contributed by atoms with Crippen LogP contribution in [0.25, 0.3) is 0 Å². The molecule has 0 aromatic carbocycles. The summed E-state index contributed by atoms with van der Waals surface area (Å²) in [5.74, 6) is 6.30. The predicted octanol–water partition coefficient (Wildman–Crippen LogP) is 6.63. The molecule has 2 amide bonds. The number of nitrogens with zero attached hydrogens (tertiary/aromatic N) is 3. The molecule has 9 heteroatoms. The van der Waals surface area contributed by atoms with Crippen LogP contribution in [0.4, 0.5) is 5.69 Å². The number of carboxylic acid groups (broad SMARTS) is 1. The van der Waals surface area contributed by atoms with Crippen LogP contribution >= 0.6 is 11.3 Å². The molecule has 1 N–H and O–H groups in total. The van der Waals surface area contributed by atoms with Crippen molar-refractivity contribution >= 4 is 34.8 Å². The summed E-state index contributed by atoms with van der Waals surface area (Å²) in [6.45, 7) is 9.85. The molecule has 0 radical (unpaired) electrons. The fourth-order valence-corrected chi connectivity index (χ4v) is 6.97. The Kier molecular flexibility index (Phi) is 9.45. The molecule has 8 nitrogen and oxygen atoms in total. The van der Waals surface area contributed by atoms with Crippen molar-refractivity contribution in [3.05, 3.63) is 39.7 Å². The van der Waals surface area contributed by atoms with E-state index in [2.05, 4.69) is 23.7 Å². The number of amides is 2. The highest BCUT2D eigenvalue weighted by Crippen LogP contribution is 2.39. The van der Waals surface area contributed by atoms with Crippen LogP contribution in [-0.2, 0) is 4.79 Å². The van der Waals surface area contributed by atoms with Crippen LogP contribution in [0.2, 0.25) is 0 Å². The van der Waals surface area contributed by atoms with E-state index in [1.165, 1.54) is 0 Å². The van der Waals surface area contributed by atoms with Crippen LogP contribution in [0, 0.1) is 29.1 Å². The Balaban J connectivity index is 1.35. The van der Waals surface area contributed by atoms with E-state index in [0.717, 1.165) is 56.5 Å². The average molecular weight is 606 g/mol. The Morgan fingerprint density at radius 3 is 2.35 bits per heavy atom. The molecule has 3 fully saturated rings. The molecule has 2 aromatic rings. The van der Waals surface area contributed by atoms with Gasteiger partial charge in [0.2, 0.25) is 11.8 Å². The number of carbonyl (C=O) groups is 3. The number of pyridine rings is 1. The van der Waals surface area contributed by atoms with Gasteiger partial charge >= 0.3 is 5.97 Å². The number of thiophene rings is 1. The summed E-state index contributed by atoms with van der Waals surface area (Å²) in [7, 11) is 0. The molecule has 3 aliphatic rings. The summed E-state index contributed by atoms with van der Waals surface area (Å²) in [5, 5.41) is 10.2. The van der Waals surface area contributed by atoms with E-state index >= 15 is 0 Å². The van der Waals surface area contributed by atoms with Gasteiger partial charge in [-0.1, -0.05) is 18.8 Å². The second-order valence-corrected chi connectivity index (χ2v) is 14.4. The topological polar surface area (TPSA) is 100 Å². The molecule has 0 unspecified atom stereocenters. The lowest BCUT2D eigenvalue weighted by Gasteiger charge is -2.39. The molecule has 0 spiro atoms. The maximum absolute atomic E-state index is 14.2. The lowest BCUT2D eigenvalue weighted by Crippen LogP contribution is -2.47. The Labute approximate surface area is 258 Å². The molecule has 1 saturated heterocycles. The van der Waals surface area contributed by atoms with Gasteiger partial charge in [0.15, 0.2) is 0 Å². The lowest BCUT2D eigenvalue weighted by molar-refractivity contribution is -0.124. The summed E-state index contributed by atoms with van der Waals surface area (Å²) >= 11 is 1.15. The van der Waals surface area contributed by atoms with Gasteiger partial charge in [-0.15, -0.1) is 11.3 Å². The first-order valence-electron chi connectivity index (χ1n) is 15.6. The second-order valence-electron chi connectivity index (χ2n) is 13.4. The minimum Gasteiger partial charge on any atom is -0.477 e. The lowest BCUT2D eigenvalue weighted by atomic mass is 9.81. The van der Waals surface area contributed by atoms with E-state index in [0.29, 0.717) is 53.6 Å². The number of anilines is 1. The van der Waals surface area contributed by atoms with Crippen LogP contribution in [0.15, 0.2) is 24.4 Å². The molecule has 2 saturated carbocycles. The first kappa shape index (κ1) is 31.1. The van der Waals surface area contributed by atoms with Gasteiger partial charge in [0, 0.05) is 48.3 Å². The average Bonchev–Trinajstić information content (AvgIpc) is 3.36. The first-order valence-corrected chi connectivity index (χ1v) is 16.5. The van der Waals surface area contributed by atoms with Gasteiger partial charge in [-0.05, 0) is 96.6 Å². The van der Waals surface area contributed by atoms with Gasteiger partial charge in [0.1, 0.15) is 11.0 Å². The zero-order valence-electron chi connectivity index (χ0n) is 25.7. The zero-order valence-corrected chi connectivity index (χ0v) is 26.5. The molecule has 2 aliphatic carbocycles. The number of hydrogen-bond donors (Lipinski definition) is 1. The van der Waals surface area contributed by atoms with Crippen LogP contribution < -0.4 is 9.64 Å². The van der Waals surface area contributed by atoms with E-state index < -0.39 is 5.97 Å². The molecular weight excluding hydrogens is 562 g/mol. The summed E-state index contributed by atoms with van der Waals surface area (Å²) in [6.07, 6.45) is 9.00. The molecule has 5 rings (SSSR count). The fraction of sp³-hybridized carbons (Fsp3) is 0.588. The summed E-state index contributed by atoms with van der Waals surface area (Å²) in [5.41, 5.74) is 0.833. The monoisotopic (exact) mass is 605 g/mol. The number of carboxylic acids is 1. The molecule has 230 valence electrons. The third kappa shape index (κ3) is 7.59. The van der Waals surface area contributed by atoms with Crippen molar-refractivity contribution < 1.29 is 24.2 Å². The van der Waals surface area contributed by atoms with Gasteiger partial charge in [-0.25, -0.2) is 9.78 Å². The van der Waals surface area contributed by atoms with Gasteiger partial charge < -0.3 is 19.6 Å².